The van der Waals surface area contributed by atoms with E-state index >= 15 is 0 Å². The molecular formula is C25H36F2N4O2. The van der Waals surface area contributed by atoms with Crippen LogP contribution in [0.3, 0.4) is 0 Å². The molecule has 2 rings (SSSR count). The number of hydrogen-bond acceptors (Lipinski definition) is 6. The van der Waals surface area contributed by atoms with Crippen LogP contribution in [0, 0.1) is 17.6 Å². The van der Waals surface area contributed by atoms with Crippen molar-refractivity contribution >= 4 is 18.8 Å². The zero-order chi connectivity index (χ0) is 24.1. The molecule has 33 heavy (non-hydrogen) atoms. The van der Waals surface area contributed by atoms with Crippen molar-refractivity contribution in [2.45, 2.75) is 52.1 Å². The minimum absolute atomic E-state index is 0.0152. The van der Waals surface area contributed by atoms with Crippen molar-refractivity contribution in [3.05, 3.63) is 41.1 Å². The van der Waals surface area contributed by atoms with E-state index in [2.05, 4.69) is 33.9 Å². The molecule has 0 amide bonds. The maximum Gasteiger partial charge on any atom is 0.222 e. The number of ether oxygens (including phenoxy) is 2. The Morgan fingerprint density at radius 3 is 2.70 bits per heavy atom. The maximum absolute atomic E-state index is 14.5. The smallest absolute Gasteiger partial charge is 0.222 e. The van der Waals surface area contributed by atoms with Crippen LogP contribution in [0.25, 0.3) is 0 Å². The first-order chi connectivity index (χ1) is 16.0. The molecule has 1 aromatic rings. The Morgan fingerprint density at radius 2 is 2.09 bits per heavy atom. The third kappa shape index (κ3) is 9.04. The fourth-order valence-corrected chi connectivity index (χ4v) is 3.57. The van der Waals surface area contributed by atoms with Crippen LogP contribution in [0.2, 0.25) is 0 Å². The number of allylic oxidation sites excluding steroid dienone is 1. The summed E-state index contributed by atoms with van der Waals surface area (Å²) in [4.78, 5) is 12.4. The molecule has 0 radical (unpaired) electrons. The summed E-state index contributed by atoms with van der Waals surface area (Å²) < 4.78 is 39.9. The number of nitrogens with one attached hydrogen (secondary N) is 1. The van der Waals surface area contributed by atoms with Gasteiger partial charge in [0.2, 0.25) is 5.90 Å². The van der Waals surface area contributed by atoms with E-state index in [1.54, 1.807) is 13.1 Å². The molecule has 182 valence electrons. The van der Waals surface area contributed by atoms with Gasteiger partial charge < -0.3 is 14.8 Å². The summed E-state index contributed by atoms with van der Waals surface area (Å²) in [5.41, 5.74) is 0.820. The fraction of sp³-hybridized carbons (Fsp3) is 0.560. The Labute approximate surface area is 195 Å². The van der Waals surface area contributed by atoms with E-state index in [9.17, 15) is 8.78 Å². The molecule has 0 saturated carbocycles. The molecule has 1 aliphatic heterocycles. The van der Waals surface area contributed by atoms with Crippen molar-refractivity contribution in [1.82, 2.24) is 5.32 Å². The predicted molar refractivity (Wildman–Crippen MR) is 131 cm³/mol. The van der Waals surface area contributed by atoms with Gasteiger partial charge in [-0.25, -0.2) is 13.8 Å². The molecule has 2 unspecified atom stereocenters. The highest BCUT2D eigenvalue weighted by Crippen LogP contribution is 2.24. The first-order valence-electron chi connectivity index (χ1n) is 11.6. The Balaban J connectivity index is 1.83. The topological polar surface area (TPSA) is 67.6 Å². The van der Waals surface area contributed by atoms with Crippen LogP contribution in [0.1, 0.15) is 51.5 Å². The number of rotatable bonds is 15. The zero-order valence-electron chi connectivity index (χ0n) is 19.9. The van der Waals surface area contributed by atoms with Crippen LogP contribution < -0.4 is 10.1 Å². The van der Waals surface area contributed by atoms with Crippen molar-refractivity contribution in [3.63, 3.8) is 0 Å². The highest BCUT2D eigenvalue weighted by atomic mass is 19.1. The SMILES string of the molecule is C=N/C=C(\C=NCCC(CCCOc1cc(F)c(C2=NCC(C)O2)c(F)c1)CCNC)CC. The number of halogens is 2. The van der Waals surface area contributed by atoms with Gasteiger partial charge in [-0.05, 0) is 70.8 Å². The van der Waals surface area contributed by atoms with Crippen molar-refractivity contribution in [3.8, 4) is 5.75 Å². The molecule has 1 heterocycles. The predicted octanol–water partition coefficient (Wildman–Crippen LogP) is 4.97. The van der Waals surface area contributed by atoms with Crippen molar-refractivity contribution < 1.29 is 18.3 Å². The van der Waals surface area contributed by atoms with E-state index in [1.165, 1.54) is 12.1 Å². The number of nitrogens with zero attached hydrogens (tertiary/aromatic N) is 3. The van der Waals surface area contributed by atoms with E-state index in [-0.39, 0.29) is 23.3 Å². The largest absolute Gasteiger partial charge is 0.493 e. The standard InChI is InChI=1S/C25H36F2N4O2/c1-5-19(16-29-4)17-30-11-9-20(8-10-28-3)7-6-12-32-21-13-22(26)24(23(27)14-21)25-31-15-18(2)33-25/h13-14,16-18,20,28H,4-12,15H2,1-3H3/b19-16-,30-17?. The highest BCUT2D eigenvalue weighted by molar-refractivity contribution is 5.95. The second-order valence-electron chi connectivity index (χ2n) is 8.15. The van der Waals surface area contributed by atoms with Crippen molar-refractivity contribution in [1.29, 1.82) is 0 Å². The molecule has 6 nitrogen and oxygen atoms in total. The molecule has 0 aromatic heterocycles. The highest BCUT2D eigenvalue weighted by Gasteiger charge is 2.24. The van der Waals surface area contributed by atoms with Gasteiger partial charge in [-0.15, -0.1) is 0 Å². The van der Waals surface area contributed by atoms with Crippen LogP contribution in [0.5, 0.6) is 5.75 Å². The minimum Gasteiger partial charge on any atom is -0.493 e. The van der Waals surface area contributed by atoms with Gasteiger partial charge in [-0.3, -0.25) is 9.98 Å². The Morgan fingerprint density at radius 1 is 1.33 bits per heavy atom. The summed E-state index contributed by atoms with van der Waals surface area (Å²) in [5, 5.41) is 3.19. The lowest BCUT2D eigenvalue weighted by Gasteiger charge is -2.16. The fourth-order valence-electron chi connectivity index (χ4n) is 3.57. The zero-order valence-corrected chi connectivity index (χ0v) is 19.9. The van der Waals surface area contributed by atoms with E-state index in [0.717, 1.165) is 50.8 Å². The Hall–Kier alpha value is -2.61. The second kappa shape index (κ2) is 14.5. The van der Waals surface area contributed by atoms with Gasteiger partial charge in [0.15, 0.2) is 0 Å². The summed E-state index contributed by atoms with van der Waals surface area (Å²) in [7, 11) is 1.94. The van der Waals surface area contributed by atoms with E-state index < -0.39 is 11.6 Å². The minimum atomic E-state index is -0.727. The average Bonchev–Trinajstić information content (AvgIpc) is 3.21. The molecule has 0 aliphatic carbocycles. The van der Waals surface area contributed by atoms with Gasteiger partial charge in [-0.1, -0.05) is 6.92 Å². The lowest BCUT2D eigenvalue weighted by atomic mass is 9.96. The lowest BCUT2D eigenvalue weighted by molar-refractivity contribution is 0.244. The molecule has 1 N–H and O–H groups in total. The van der Waals surface area contributed by atoms with Gasteiger partial charge in [0, 0.05) is 31.1 Å². The third-order valence-electron chi connectivity index (χ3n) is 5.45. The molecule has 1 aliphatic rings. The van der Waals surface area contributed by atoms with Gasteiger partial charge in [0.25, 0.3) is 0 Å². The first-order valence-corrected chi connectivity index (χ1v) is 11.6. The van der Waals surface area contributed by atoms with Crippen LogP contribution in [-0.2, 0) is 4.74 Å². The maximum atomic E-state index is 14.5. The molecule has 0 bridgehead atoms. The first kappa shape index (κ1) is 26.6. The van der Waals surface area contributed by atoms with Crippen LogP contribution in [-0.4, -0.2) is 58.2 Å². The van der Waals surface area contributed by atoms with E-state index in [1.807, 2.05) is 13.3 Å². The van der Waals surface area contributed by atoms with Gasteiger partial charge in [-0.2, -0.15) is 0 Å². The van der Waals surface area contributed by atoms with Crippen LogP contribution in [0.15, 0.2) is 38.9 Å². The van der Waals surface area contributed by atoms with E-state index in [4.69, 9.17) is 9.47 Å². The van der Waals surface area contributed by atoms with Crippen molar-refractivity contribution in [2.75, 3.05) is 33.3 Å². The van der Waals surface area contributed by atoms with Crippen LogP contribution in [0.4, 0.5) is 8.78 Å². The number of benzene rings is 1. The molecule has 1 aromatic carbocycles. The van der Waals surface area contributed by atoms with Gasteiger partial charge in [0.1, 0.15) is 29.1 Å². The molecule has 0 fully saturated rings. The quantitative estimate of drug-likeness (QED) is 0.296. The summed E-state index contributed by atoms with van der Waals surface area (Å²) in [6.45, 7) is 9.80. The summed E-state index contributed by atoms with van der Waals surface area (Å²) in [5.74, 6) is -0.780. The second-order valence-corrected chi connectivity index (χ2v) is 8.15. The molecule has 0 spiro atoms. The van der Waals surface area contributed by atoms with Crippen molar-refractivity contribution in [2.24, 2.45) is 20.9 Å². The average molecular weight is 463 g/mol. The van der Waals surface area contributed by atoms with E-state index in [0.29, 0.717) is 19.1 Å². The third-order valence-corrected chi connectivity index (χ3v) is 5.45. The summed E-state index contributed by atoms with van der Waals surface area (Å²) in [6, 6.07) is 2.38. The normalized spacial score (nSPS) is 17.2. The summed E-state index contributed by atoms with van der Waals surface area (Å²) in [6.07, 6.45) is 8.03. The molecular weight excluding hydrogens is 426 g/mol. The Bertz CT molecular complexity index is 832. The molecule has 0 saturated heterocycles. The van der Waals surface area contributed by atoms with Gasteiger partial charge >= 0.3 is 0 Å². The Kier molecular flexibility index (Phi) is 11.7. The number of hydrogen-bond donors (Lipinski definition) is 1. The monoisotopic (exact) mass is 462 g/mol. The molecule has 2 atom stereocenters. The van der Waals surface area contributed by atoms with Gasteiger partial charge in [0.05, 0.1) is 13.2 Å². The van der Waals surface area contributed by atoms with Crippen LogP contribution >= 0.6 is 0 Å². The molecule has 8 heteroatoms. The summed E-state index contributed by atoms with van der Waals surface area (Å²) >= 11 is 0. The number of aliphatic imine (C=N–C) groups is 3. The lowest BCUT2D eigenvalue weighted by Crippen LogP contribution is -2.15.